The SMILES string of the molecule is COc1ccc(Br)cc1CCC1=CCCC(C2=COC=C(C3=NCCCN3)O2)=C1Cl. The Balaban J connectivity index is 1.48. The fourth-order valence-electron chi connectivity index (χ4n) is 3.70. The highest BCUT2D eigenvalue weighted by molar-refractivity contribution is 9.10. The monoisotopic (exact) mass is 490 g/mol. The third-order valence-corrected chi connectivity index (χ3v) is 6.20. The second kappa shape index (κ2) is 9.75. The van der Waals surface area contributed by atoms with E-state index < -0.39 is 0 Å². The second-order valence-corrected chi connectivity index (χ2v) is 8.52. The van der Waals surface area contributed by atoms with E-state index in [4.69, 9.17) is 25.8 Å². The third kappa shape index (κ3) is 4.76. The van der Waals surface area contributed by atoms with E-state index in [9.17, 15) is 0 Å². The predicted molar refractivity (Wildman–Crippen MR) is 122 cm³/mol. The van der Waals surface area contributed by atoms with Gasteiger partial charge in [0.15, 0.2) is 11.6 Å². The van der Waals surface area contributed by atoms with Crippen molar-refractivity contribution in [2.75, 3.05) is 20.2 Å². The lowest BCUT2D eigenvalue weighted by Crippen LogP contribution is -2.32. The summed E-state index contributed by atoms with van der Waals surface area (Å²) >= 11 is 10.4. The van der Waals surface area contributed by atoms with Crippen molar-refractivity contribution >= 4 is 33.4 Å². The molecular formula is C23H24BrClN2O3. The van der Waals surface area contributed by atoms with Crippen LogP contribution in [0.4, 0.5) is 0 Å². The van der Waals surface area contributed by atoms with E-state index in [1.807, 2.05) is 12.1 Å². The number of ether oxygens (including phenoxy) is 3. The van der Waals surface area contributed by atoms with Crippen LogP contribution in [0, 0.1) is 0 Å². The Morgan fingerprint density at radius 1 is 1.23 bits per heavy atom. The highest BCUT2D eigenvalue weighted by atomic mass is 79.9. The molecule has 7 heteroatoms. The fraction of sp³-hybridized carbons (Fsp3) is 0.348. The number of halogens is 2. The van der Waals surface area contributed by atoms with Gasteiger partial charge >= 0.3 is 0 Å². The van der Waals surface area contributed by atoms with Crippen LogP contribution in [-0.2, 0) is 15.9 Å². The molecule has 0 aromatic heterocycles. The van der Waals surface area contributed by atoms with Gasteiger partial charge in [-0.1, -0.05) is 33.6 Å². The molecule has 0 fully saturated rings. The quantitative estimate of drug-likeness (QED) is 0.552. The van der Waals surface area contributed by atoms with E-state index in [0.717, 1.165) is 83.0 Å². The molecule has 0 spiro atoms. The van der Waals surface area contributed by atoms with Crippen molar-refractivity contribution in [2.24, 2.45) is 4.99 Å². The maximum absolute atomic E-state index is 6.82. The van der Waals surface area contributed by atoms with Gasteiger partial charge in [-0.15, -0.1) is 0 Å². The highest BCUT2D eigenvalue weighted by Crippen LogP contribution is 2.37. The summed E-state index contributed by atoms with van der Waals surface area (Å²) < 4.78 is 18.2. The Kier molecular flexibility index (Phi) is 6.85. The van der Waals surface area contributed by atoms with Crippen molar-refractivity contribution < 1.29 is 14.2 Å². The van der Waals surface area contributed by atoms with Crippen molar-refractivity contribution in [1.29, 1.82) is 0 Å². The number of benzene rings is 1. The molecule has 2 heterocycles. The lowest BCUT2D eigenvalue weighted by molar-refractivity contribution is 0.243. The number of hydrogen-bond acceptors (Lipinski definition) is 5. The first kappa shape index (κ1) is 21.1. The summed E-state index contributed by atoms with van der Waals surface area (Å²) in [5.41, 5.74) is 3.23. The molecule has 158 valence electrons. The van der Waals surface area contributed by atoms with Gasteiger partial charge in [-0.2, -0.15) is 0 Å². The molecule has 5 nitrogen and oxygen atoms in total. The molecule has 2 aliphatic heterocycles. The van der Waals surface area contributed by atoms with Crippen LogP contribution in [0.25, 0.3) is 0 Å². The third-order valence-electron chi connectivity index (χ3n) is 5.24. The van der Waals surface area contributed by atoms with Gasteiger partial charge in [0.25, 0.3) is 0 Å². The van der Waals surface area contributed by atoms with Gasteiger partial charge in [0.2, 0.25) is 5.76 Å². The van der Waals surface area contributed by atoms with Crippen molar-refractivity contribution in [1.82, 2.24) is 5.32 Å². The molecule has 1 N–H and O–H groups in total. The van der Waals surface area contributed by atoms with Gasteiger partial charge in [0.1, 0.15) is 18.3 Å². The summed E-state index contributed by atoms with van der Waals surface area (Å²) in [4.78, 5) is 4.48. The minimum absolute atomic E-state index is 0.596. The van der Waals surface area contributed by atoms with Gasteiger partial charge in [-0.3, -0.25) is 4.99 Å². The maximum atomic E-state index is 6.82. The molecule has 1 aromatic rings. The van der Waals surface area contributed by atoms with Crippen molar-refractivity contribution in [3.8, 4) is 5.75 Å². The average Bonchev–Trinajstić information content (AvgIpc) is 2.79. The zero-order valence-corrected chi connectivity index (χ0v) is 19.2. The van der Waals surface area contributed by atoms with Crippen LogP contribution in [0.5, 0.6) is 5.75 Å². The molecule has 0 atom stereocenters. The van der Waals surface area contributed by atoms with E-state index in [-0.39, 0.29) is 0 Å². The largest absolute Gasteiger partial charge is 0.496 e. The molecule has 0 saturated heterocycles. The van der Waals surface area contributed by atoms with Crippen LogP contribution >= 0.6 is 27.5 Å². The standard InChI is InChI=1S/C23H24BrClN2O3/c1-28-19-9-8-17(24)12-16(19)7-6-15-4-2-5-18(22(15)25)20-13-29-14-21(30-20)23-26-10-3-11-27-23/h4,8-9,12-14H,2-3,5-7,10-11H2,1H3,(H,26,27). The van der Waals surface area contributed by atoms with E-state index >= 15 is 0 Å². The number of nitrogens with one attached hydrogen (secondary N) is 1. The molecule has 0 unspecified atom stereocenters. The van der Waals surface area contributed by atoms with Gasteiger partial charge in [-0.25, -0.2) is 0 Å². The molecule has 1 aromatic carbocycles. The van der Waals surface area contributed by atoms with Gasteiger partial charge in [0, 0.05) is 23.1 Å². The van der Waals surface area contributed by atoms with Crippen molar-refractivity contribution in [3.63, 3.8) is 0 Å². The number of nitrogens with zero attached hydrogens (tertiary/aromatic N) is 1. The molecule has 0 bridgehead atoms. The molecule has 3 aliphatic rings. The molecule has 0 saturated carbocycles. The lowest BCUT2D eigenvalue weighted by Gasteiger charge is -2.24. The van der Waals surface area contributed by atoms with Crippen LogP contribution in [-0.4, -0.2) is 26.0 Å². The normalized spacial score (nSPS) is 18.9. The number of aryl methyl sites for hydroxylation is 1. The molecule has 1 aliphatic carbocycles. The molecular weight excluding hydrogens is 468 g/mol. The van der Waals surface area contributed by atoms with Crippen LogP contribution in [0.15, 0.2) is 74.0 Å². The number of rotatable bonds is 6. The first-order valence-electron chi connectivity index (χ1n) is 10.1. The number of amidine groups is 1. The van der Waals surface area contributed by atoms with E-state index in [0.29, 0.717) is 11.5 Å². The zero-order chi connectivity index (χ0) is 20.9. The second-order valence-electron chi connectivity index (χ2n) is 7.23. The molecule has 0 amide bonds. The van der Waals surface area contributed by atoms with Crippen LogP contribution in [0.1, 0.15) is 31.2 Å². The maximum Gasteiger partial charge on any atom is 0.204 e. The predicted octanol–water partition coefficient (Wildman–Crippen LogP) is 5.72. The van der Waals surface area contributed by atoms with E-state index in [1.165, 1.54) is 0 Å². The Labute approximate surface area is 190 Å². The number of allylic oxidation sites excluding steroid dienone is 4. The van der Waals surface area contributed by atoms with E-state index in [1.54, 1.807) is 19.6 Å². The topological polar surface area (TPSA) is 52.1 Å². The first-order valence-corrected chi connectivity index (χ1v) is 11.3. The first-order chi connectivity index (χ1) is 14.7. The lowest BCUT2D eigenvalue weighted by atomic mass is 9.93. The molecule has 4 rings (SSSR count). The van der Waals surface area contributed by atoms with Crippen LogP contribution in [0.3, 0.4) is 0 Å². The number of methoxy groups -OCH3 is 1. The Morgan fingerprint density at radius 2 is 2.10 bits per heavy atom. The summed E-state index contributed by atoms with van der Waals surface area (Å²) in [5.74, 6) is 2.87. The van der Waals surface area contributed by atoms with Crippen molar-refractivity contribution in [3.05, 3.63) is 74.5 Å². The summed E-state index contributed by atoms with van der Waals surface area (Å²) in [6.07, 6.45) is 9.80. The summed E-state index contributed by atoms with van der Waals surface area (Å²) in [5, 5.41) is 4.00. The average molecular weight is 492 g/mol. The highest BCUT2D eigenvalue weighted by Gasteiger charge is 2.24. The number of hydrogen-bond donors (Lipinski definition) is 1. The smallest absolute Gasteiger partial charge is 0.204 e. The molecule has 30 heavy (non-hydrogen) atoms. The Bertz CT molecular complexity index is 979. The van der Waals surface area contributed by atoms with Gasteiger partial charge in [-0.05, 0) is 61.4 Å². The summed E-state index contributed by atoms with van der Waals surface area (Å²) in [6.45, 7) is 1.67. The molecule has 0 radical (unpaired) electrons. The Hall–Kier alpha value is -2.18. The summed E-state index contributed by atoms with van der Waals surface area (Å²) in [6, 6.07) is 6.05. The van der Waals surface area contributed by atoms with Crippen LogP contribution in [0.2, 0.25) is 0 Å². The van der Waals surface area contributed by atoms with Crippen LogP contribution < -0.4 is 10.1 Å². The minimum atomic E-state index is 0.596. The zero-order valence-electron chi connectivity index (χ0n) is 16.8. The summed E-state index contributed by atoms with van der Waals surface area (Å²) in [7, 11) is 1.70. The van der Waals surface area contributed by atoms with Crippen molar-refractivity contribution in [2.45, 2.75) is 32.1 Å². The van der Waals surface area contributed by atoms with Gasteiger partial charge in [0.05, 0.1) is 12.1 Å². The fourth-order valence-corrected chi connectivity index (χ4v) is 4.47. The minimum Gasteiger partial charge on any atom is -0.496 e. The van der Waals surface area contributed by atoms with E-state index in [2.05, 4.69) is 38.4 Å². The Morgan fingerprint density at radius 3 is 2.90 bits per heavy atom. The number of aliphatic imine (C=N–C) groups is 1. The van der Waals surface area contributed by atoms with Gasteiger partial charge < -0.3 is 19.5 Å².